The molecule has 21 heavy (non-hydrogen) atoms. The summed E-state index contributed by atoms with van der Waals surface area (Å²) in [6, 6.07) is 8.29. The summed E-state index contributed by atoms with van der Waals surface area (Å²) < 4.78 is 11.2. The van der Waals surface area contributed by atoms with Crippen LogP contribution < -0.4 is 9.47 Å². The maximum atomic E-state index is 12.3. The number of allylic oxidation sites excluding steroid dienone is 1. The first-order valence-electron chi connectivity index (χ1n) is 6.07. The molecule has 6 heteroatoms. The third-order valence-corrected chi connectivity index (χ3v) is 3.61. The summed E-state index contributed by atoms with van der Waals surface area (Å²) in [7, 11) is 1.41. The van der Waals surface area contributed by atoms with Gasteiger partial charge in [-0.15, -0.1) is 0 Å². The second kappa shape index (κ2) is 5.21. The predicted octanol–water partition coefficient (Wildman–Crippen LogP) is 3.17. The zero-order chi connectivity index (χ0) is 15.0. The maximum Gasteiger partial charge on any atom is 0.257 e. The quantitative estimate of drug-likeness (QED) is 0.845. The number of para-hydroxylation sites is 1. The van der Waals surface area contributed by atoms with Crippen molar-refractivity contribution in [2.45, 2.75) is 0 Å². The highest BCUT2D eigenvalue weighted by Gasteiger charge is 2.29. The Balaban J connectivity index is 2.00. The van der Waals surface area contributed by atoms with E-state index in [1.165, 1.54) is 19.3 Å². The molecule has 0 bridgehead atoms. The van der Waals surface area contributed by atoms with E-state index in [-0.39, 0.29) is 23.2 Å². The molecule has 1 aromatic heterocycles. The van der Waals surface area contributed by atoms with Crippen LogP contribution in [0.1, 0.15) is 16.1 Å². The molecule has 1 N–H and O–H groups in total. The van der Waals surface area contributed by atoms with Crippen LogP contribution in [-0.4, -0.2) is 23.0 Å². The van der Waals surface area contributed by atoms with Gasteiger partial charge in [-0.2, -0.15) is 0 Å². The van der Waals surface area contributed by atoms with Crippen LogP contribution in [0.25, 0.3) is 6.08 Å². The fraction of sp³-hybridized carbons (Fsp3) is 0.0667. The largest absolute Gasteiger partial charge is 0.503 e. The molecule has 0 atom stereocenters. The average Bonchev–Trinajstić information content (AvgIpc) is 2.80. The highest BCUT2D eigenvalue weighted by Crippen LogP contribution is 2.38. The number of halogens is 1. The van der Waals surface area contributed by atoms with Crippen molar-refractivity contribution in [3.8, 4) is 17.4 Å². The van der Waals surface area contributed by atoms with Crippen molar-refractivity contribution in [1.29, 1.82) is 0 Å². The fourth-order valence-corrected chi connectivity index (χ4v) is 2.43. The van der Waals surface area contributed by atoms with Crippen molar-refractivity contribution < 1.29 is 19.4 Å². The molecule has 0 radical (unpaired) electrons. The van der Waals surface area contributed by atoms with Crippen LogP contribution in [0.5, 0.6) is 17.4 Å². The van der Waals surface area contributed by atoms with Crippen molar-refractivity contribution in [2.24, 2.45) is 0 Å². The number of aromatic nitrogens is 1. The second-order valence-electron chi connectivity index (χ2n) is 4.32. The maximum absolute atomic E-state index is 12.3. The van der Waals surface area contributed by atoms with E-state index in [0.717, 1.165) is 0 Å². The van der Waals surface area contributed by atoms with Crippen LogP contribution in [0.15, 0.2) is 40.6 Å². The third kappa shape index (κ3) is 2.38. The van der Waals surface area contributed by atoms with Gasteiger partial charge in [-0.1, -0.05) is 6.07 Å². The van der Waals surface area contributed by atoms with Gasteiger partial charge in [0.15, 0.2) is 17.3 Å². The number of pyridine rings is 1. The fourth-order valence-electron chi connectivity index (χ4n) is 1.99. The summed E-state index contributed by atoms with van der Waals surface area (Å²) in [6.45, 7) is 0. The number of hydrogen-bond acceptors (Lipinski definition) is 5. The van der Waals surface area contributed by atoms with Crippen LogP contribution >= 0.6 is 15.9 Å². The number of methoxy groups -OCH3 is 1. The molecule has 0 saturated carbocycles. The number of Topliss-reactive ketones (excluding diaryl/α,β-unsaturated/α-hetero) is 1. The molecule has 1 aliphatic rings. The van der Waals surface area contributed by atoms with Gasteiger partial charge in [0.05, 0.1) is 22.8 Å². The number of benzene rings is 1. The van der Waals surface area contributed by atoms with Crippen LogP contribution in [0, 0.1) is 0 Å². The minimum absolute atomic E-state index is 0.0654. The molecule has 1 aromatic carbocycles. The molecule has 106 valence electrons. The van der Waals surface area contributed by atoms with Gasteiger partial charge in [-0.05, 0) is 40.2 Å². The molecule has 0 saturated heterocycles. The molecule has 2 heterocycles. The molecule has 0 aliphatic carbocycles. The first-order valence-corrected chi connectivity index (χ1v) is 6.86. The van der Waals surface area contributed by atoms with Crippen molar-refractivity contribution in [2.75, 3.05) is 7.11 Å². The number of ether oxygens (including phenoxy) is 2. The monoisotopic (exact) mass is 347 g/mol. The molecule has 0 unspecified atom stereocenters. The first-order chi connectivity index (χ1) is 10.1. The average molecular weight is 348 g/mol. The van der Waals surface area contributed by atoms with Crippen molar-refractivity contribution in [3.63, 3.8) is 0 Å². The van der Waals surface area contributed by atoms with Gasteiger partial charge in [-0.3, -0.25) is 4.79 Å². The first kappa shape index (κ1) is 13.6. The van der Waals surface area contributed by atoms with Gasteiger partial charge in [0.2, 0.25) is 5.78 Å². The summed E-state index contributed by atoms with van der Waals surface area (Å²) in [4.78, 5) is 16.3. The van der Waals surface area contributed by atoms with Gasteiger partial charge in [0.1, 0.15) is 0 Å². The van der Waals surface area contributed by atoms with Crippen molar-refractivity contribution >= 4 is 27.8 Å². The Morgan fingerprint density at radius 2 is 2.14 bits per heavy atom. The number of rotatable bonds is 2. The molecule has 0 amide bonds. The van der Waals surface area contributed by atoms with E-state index in [0.29, 0.717) is 21.5 Å². The van der Waals surface area contributed by atoms with Crippen LogP contribution in [0.3, 0.4) is 0 Å². The molecule has 2 aromatic rings. The summed E-state index contributed by atoms with van der Waals surface area (Å²) in [6.07, 6.45) is 1.51. The summed E-state index contributed by atoms with van der Waals surface area (Å²) >= 11 is 3.35. The Labute approximate surface area is 129 Å². The lowest BCUT2D eigenvalue weighted by atomic mass is 10.1. The summed E-state index contributed by atoms with van der Waals surface area (Å²) in [5.74, 6) is 0.495. The standard InChI is InChI=1S/C15H10BrNO4/c1-20-15-11(18)6-5-8(17-15)7-12-13(19)9-3-2-4-10(16)14(9)21-12/h2-7,18H,1H3/b12-7-. The van der Waals surface area contributed by atoms with Gasteiger partial charge >= 0.3 is 0 Å². The molecule has 1 aliphatic heterocycles. The van der Waals surface area contributed by atoms with Crippen LogP contribution in [0.4, 0.5) is 0 Å². The highest BCUT2D eigenvalue weighted by atomic mass is 79.9. The Hall–Kier alpha value is -2.34. The van der Waals surface area contributed by atoms with E-state index in [4.69, 9.17) is 9.47 Å². The smallest absolute Gasteiger partial charge is 0.257 e. The predicted molar refractivity (Wildman–Crippen MR) is 79.5 cm³/mol. The Morgan fingerprint density at radius 3 is 2.86 bits per heavy atom. The molecule has 5 nitrogen and oxygen atoms in total. The van der Waals surface area contributed by atoms with Gasteiger partial charge in [-0.25, -0.2) is 4.98 Å². The van der Waals surface area contributed by atoms with Gasteiger partial charge in [0.25, 0.3) is 5.88 Å². The van der Waals surface area contributed by atoms with Crippen LogP contribution in [-0.2, 0) is 0 Å². The Kier molecular flexibility index (Phi) is 3.39. The van der Waals surface area contributed by atoms with Gasteiger partial charge in [0, 0.05) is 6.08 Å². The zero-order valence-electron chi connectivity index (χ0n) is 11.0. The lowest BCUT2D eigenvalue weighted by molar-refractivity contribution is 0.101. The number of aromatic hydroxyl groups is 1. The second-order valence-corrected chi connectivity index (χ2v) is 5.18. The number of hydrogen-bond donors (Lipinski definition) is 1. The van der Waals surface area contributed by atoms with E-state index < -0.39 is 0 Å². The number of carbonyl (C=O) groups is 1. The molecular weight excluding hydrogens is 338 g/mol. The molecule has 3 rings (SSSR count). The van der Waals surface area contributed by atoms with E-state index >= 15 is 0 Å². The molecule has 0 spiro atoms. The third-order valence-electron chi connectivity index (χ3n) is 2.98. The lowest BCUT2D eigenvalue weighted by Crippen LogP contribution is -1.99. The van der Waals surface area contributed by atoms with Crippen molar-refractivity contribution in [1.82, 2.24) is 4.98 Å². The minimum Gasteiger partial charge on any atom is -0.503 e. The van der Waals surface area contributed by atoms with E-state index in [2.05, 4.69) is 20.9 Å². The number of carbonyl (C=O) groups excluding carboxylic acids is 1. The topological polar surface area (TPSA) is 68.7 Å². The minimum atomic E-state index is -0.208. The highest BCUT2D eigenvalue weighted by molar-refractivity contribution is 9.10. The summed E-state index contributed by atoms with van der Waals surface area (Å²) in [5.41, 5.74) is 0.957. The SMILES string of the molecule is COc1nc(/C=C2\Oc3c(Br)cccc3C2=O)ccc1O. The Morgan fingerprint density at radius 1 is 1.33 bits per heavy atom. The van der Waals surface area contributed by atoms with E-state index in [1.54, 1.807) is 24.3 Å². The Bertz CT molecular complexity index is 770. The lowest BCUT2D eigenvalue weighted by Gasteiger charge is -2.03. The molecular formula is C15H10BrNO4. The van der Waals surface area contributed by atoms with Crippen molar-refractivity contribution in [3.05, 3.63) is 51.8 Å². The normalized spacial score (nSPS) is 15.0. The van der Waals surface area contributed by atoms with E-state index in [9.17, 15) is 9.90 Å². The van der Waals surface area contributed by atoms with Crippen LogP contribution in [0.2, 0.25) is 0 Å². The summed E-state index contributed by atoms with van der Waals surface area (Å²) in [5, 5.41) is 9.51. The number of ketones is 1. The number of fused-ring (bicyclic) bond motifs is 1. The molecule has 0 fully saturated rings. The zero-order valence-corrected chi connectivity index (χ0v) is 12.5. The van der Waals surface area contributed by atoms with E-state index in [1.807, 2.05) is 0 Å². The number of nitrogens with zero attached hydrogens (tertiary/aromatic N) is 1. The van der Waals surface area contributed by atoms with Gasteiger partial charge < -0.3 is 14.6 Å².